The number of alkyl halides is 1. The largest absolute Gasteiger partial charge is 0.308 e. The number of rotatable bonds is 6. The molecule has 12 heavy (non-hydrogen) atoms. The minimum absolute atomic E-state index is 0.768. The van der Waals surface area contributed by atoms with E-state index in [4.69, 9.17) is 11.6 Å². The number of halogens is 1. The highest BCUT2D eigenvalue weighted by atomic mass is 35.5. The van der Waals surface area contributed by atoms with Gasteiger partial charge in [-0.15, -0.1) is 11.6 Å². The Kier molecular flexibility index (Phi) is 4.33. The summed E-state index contributed by atoms with van der Waals surface area (Å²) in [6, 6.07) is 0.851. The van der Waals surface area contributed by atoms with Crippen molar-refractivity contribution >= 4 is 11.6 Å². The van der Waals surface area contributed by atoms with Crippen LogP contribution in [0.2, 0.25) is 0 Å². The molecule has 0 aromatic carbocycles. The van der Waals surface area contributed by atoms with Gasteiger partial charge in [0.2, 0.25) is 0 Å². The topological polar surface area (TPSA) is 6.48 Å². The lowest BCUT2D eigenvalue weighted by Crippen LogP contribution is -2.34. The molecule has 0 saturated heterocycles. The van der Waals surface area contributed by atoms with Gasteiger partial charge in [0.1, 0.15) is 0 Å². The third-order valence-electron chi connectivity index (χ3n) is 2.27. The van der Waals surface area contributed by atoms with E-state index in [9.17, 15) is 0 Å². The third-order valence-corrected chi connectivity index (χ3v) is 2.44. The van der Waals surface area contributed by atoms with Crippen molar-refractivity contribution in [1.82, 2.24) is 9.80 Å². The summed E-state index contributed by atoms with van der Waals surface area (Å²) in [6.07, 6.45) is 2.76. The second kappa shape index (κ2) is 5.05. The van der Waals surface area contributed by atoms with E-state index in [1.54, 1.807) is 0 Å². The van der Waals surface area contributed by atoms with E-state index >= 15 is 0 Å². The lowest BCUT2D eigenvalue weighted by molar-refractivity contribution is 0.244. The van der Waals surface area contributed by atoms with Crippen molar-refractivity contribution in [2.75, 3.05) is 39.6 Å². The normalized spacial score (nSPS) is 17.8. The highest BCUT2D eigenvalue weighted by Gasteiger charge is 2.27. The molecule has 0 aliphatic heterocycles. The molecule has 0 bridgehead atoms. The highest BCUT2D eigenvalue weighted by Crippen LogP contribution is 2.26. The van der Waals surface area contributed by atoms with Crippen LogP contribution in [-0.2, 0) is 0 Å². The zero-order valence-corrected chi connectivity index (χ0v) is 8.85. The standard InChI is InChI=1S/C9H19ClN2/c1-11(2)7-8-12(6-5-10)9-3-4-9/h9H,3-8H2,1-2H3. The maximum Gasteiger partial charge on any atom is 0.0351 e. The maximum absolute atomic E-state index is 5.73. The van der Waals surface area contributed by atoms with Gasteiger partial charge in [0.25, 0.3) is 0 Å². The number of hydrogen-bond donors (Lipinski definition) is 0. The Morgan fingerprint density at radius 3 is 2.25 bits per heavy atom. The van der Waals surface area contributed by atoms with Gasteiger partial charge in [-0.3, -0.25) is 4.90 Å². The summed E-state index contributed by atoms with van der Waals surface area (Å²) < 4.78 is 0. The first-order chi connectivity index (χ1) is 5.74. The molecule has 0 amide bonds. The predicted molar refractivity (Wildman–Crippen MR) is 53.9 cm³/mol. The van der Waals surface area contributed by atoms with E-state index in [-0.39, 0.29) is 0 Å². The predicted octanol–water partition coefficient (Wildman–Crippen LogP) is 1.25. The monoisotopic (exact) mass is 190 g/mol. The van der Waals surface area contributed by atoms with Gasteiger partial charge in [0, 0.05) is 31.6 Å². The molecule has 1 aliphatic carbocycles. The summed E-state index contributed by atoms with van der Waals surface area (Å²) in [5.41, 5.74) is 0. The van der Waals surface area contributed by atoms with Crippen LogP contribution in [0.3, 0.4) is 0 Å². The molecule has 0 atom stereocenters. The molecule has 1 rings (SSSR count). The Balaban J connectivity index is 2.13. The molecule has 0 aromatic rings. The fourth-order valence-corrected chi connectivity index (χ4v) is 1.57. The van der Waals surface area contributed by atoms with Gasteiger partial charge >= 0.3 is 0 Å². The smallest absolute Gasteiger partial charge is 0.0351 e. The average molecular weight is 191 g/mol. The Morgan fingerprint density at radius 2 is 1.83 bits per heavy atom. The van der Waals surface area contributed by atoms with Crippen LogP contribution in [0.1, 0.15) is 12.8 Å². The first-order valence-corrected chi connectivity index (χ1v) is 5.22. The molecule has 0 unspecified atom stereocenters. The van der Waals surface area contributed by atoms with E-state index in [0.717, 1.165) is 25.0 Å². The van der Waals surface area contributed by atoms with E-state index in [1.165, 1.54) is 19.4 Å². The van der Waals surface area contributed by atoms with Crippen molar-refractivity contribution in [3.8, 4) is 0 Å². The minimum Gasteiger partial charge on any atom is -0.308 e. The lowest BCUT2D eigenvalue weighted by atomic mass is 10.4. The van der Waals surface area contributed by atoms with Crippen LogP contribution < -0.4 is 0 Å². The summed E-state index contributed by atoms with van der Waals surface area (Å²) in [6.45, 7) is 3.37. The van der Waals surface area contributed by atoms with Crippen LogP contribution in [0.25, 0.3) is 0 Å². The van der Waals surface area contributed by atoms with E-state index in [1.807, 2.05) is 0 Å². The molecule has 1 fully saturated rings. The third kappa shape index (κ3) is 3.74. The first-order valence-electron chi connectivity index (χ1n) is 4.69. The van der Waals surface area contributed by atoms with Gasteiger partial charge in [-0.1, -0.05) is 0 Å². The van der Waals surface area contributed by atoms with Gasteiger partial charge in [0.15, 0.2) is 0 Å². The Hall–Kier alpha value is 0.210. The lowest BCUT2D eigenvalue weighted by Gasteiger charge is -2.22. The SMILES string of the molecule is CN(C)CCN(CCCl)C1CC1. The Labute approximate surface area is 80.5 Å². The number of hydrogen-bond acceptors (Lipinski definition) is 2. The summed E-state index contributed by atoms with van der Waals surface area (Å²) in [5.74, 6) is 0.768. The molecule has 72 valence electrons. The minimum atomic E-state index is 0.768. The zero-order valence-electron chi connectivity index (χ0n) is 8.09. The quantitative estimate of drug-likeness (QED) is 0.582. The molecular formula is C9H19ClN2. The van der Waals surface area contributed by atoms with E-state index in [0.29, 0.717) is 0 Å². The van der Waals surface area contributed by atoms with Gasteiger partial charge < -0.3 is 4.90 Å². The highest BCUT2D eigenvalue weighted by molar-refractivity contribution is 6.18. The van der Waals surface area contributed by atoms with Crippen LogP contribution in [0.15, 0.2) is 0 Å². The summed E-state index contributed by atoms with van der Waals surface area (Å²) in [4.78, 5) is 4.73. The molecule has 0 heterocycles. The van der Waals surface area contributed by atoms with Crippen LogP contribution in [0.5, 0.6) is 0 Å². The van der Waals surface area contributed by atoms with Crippen LogP contribution in [0, 0.1) is 0 Å². The van der Waals surface area contributed by atoms with E-state index in [2.05, 4.69) is 23.9 Å². The van der Waals surface area contributed by atoms with Gasteiger partial charge in [-0.05, 0) is 26.9 Å². The molecular weight excluding hydrogens is 172 g/mol. The maximum atomic E-state index is 5.73. The van der Waals surface area contributed by atoms with E-state index < -0.39 is 0 Å². The van der Waals surface area contributed by atoms with Crippen LogP contribution in [0.4, 0.5) is 0 Å². The van der Waals surface area contributed by atoms with Crippen LogP contribution >= 0.6 is 11.6 Å². The summed E-state index contributed by atoms with van der Waals surface area (Å²) in [7, 11) is 4.23. The fourth-order valence-electron chi connectivity index (χ4n) is 1.35. The van der Waals surface area contributed by atoms with Crippen molar-refractivity contribution in [3.05, 3.63) is 0 Å². The Morgan fingerprint density at radius 1 is 1.17 bits per heavy atom. The van der Waals surface area contributed by atoms with Gasteiger partial charge in [-0.2, -0.15) is 0 Å². The Bertz CT molecular complexity index is 124. The van der Waals surface area contributed by atoms with Crippen molar-refractivity contribution < 1.29 is 0 Å². The first kappa shape index (κ1) is 10.3. The molecule has 3 heteroatoms. The average Bonchev–Trinajstić information content (AvgIpc) is 2.79. The molecule has 1 saturated carbocycles. The van der Waals surface area contributed by atoms with Crippen LogP contribution in [-0.4, -0.2) is 55.5 Å². The molecule has 0 radical (unpaired) electrons. The second-order valence-electron chi connectivity index (χ2n) is 3.76. The van der Waals surface area contributed by atoms with Crippen molar-refractivity contribution in [3.63, 3.8) is 0 Å². The molecule has 1 aliphatic rings. The van der Waals surface area contributed by atoms with Gasteiger partial charge in [0.05, 0.1) is 0 Å². The molecule has 0 spiro atoms. The molecule has 0 N–H and O–H groups in total. The number of likely N-dealkylation sites (N-methyl/N-ethyl adjacent to an activating group) is 1. The second-order valence-corrected chi connectivity index (χ2v) is 4.14. The molecule has 0 aromatic heterocycles. The zero-order chi connectivity index (χ0) is 8.97. The van der Waals surface area contributed by atoms with Gasteiger partial charge in [-0.25, -0.2) is 0 Å². The van der Waals surface area contributed by atoms with Crippen molar-refractivity contribution in [2.24, 2.45) is 0 Å². The van der Waals surface area contributed by atoms with Crippen molar-refractivity contribution in [1.29, 1.82) is 0 Å². The molecule has 2 nitrogen and oxygen atoms in total. The summed E-state index contributed by atoms with van der Waals surface area (Å²) >= 11 is 5.73. The number of nitrogens with zero attached hydrogens (tertiary/aromatic N) is 2. The fraction of sp³-hybridized carbons (Fsp3) is 1.00. The van der Waals surface area contributed by atoms with Crippen molar-refractivity contribution in [2.45, 2.75) is 18.9 Å². The summed E-state index contributed by atoms with van der Waals surface area (Å²) in [5, 5.41) is 0.